The number of aryl methyl sites for hydroxylation is 1. The Balaban J connectivity index is 2.81. The summed E-state index contributed by atoms with van der Waals surface area (Å²) in [6.45, 7) is 3.19. The van der Waals surface area contributed by atoms with Crippen LogP contribution in [0.1, 0.15) is 5.82 Å². The minimum absolute atomic E-state index is 0.112. The van der Waals surface area contributed by atoms with Crippen LogP contribution in [0.15, 0.2) is 0 Å². The van der Waals surface area contributed by atoms with E-state index < -0.39 is 4.92 Å². The van der Waals surface area contributed by atoms with Gasteiger partial charge >= 0.3 is 5.82 Å². The molecule has 0 saturated carbocycles. The second-order valence-electron chi connectivity index (χ2n) is 3.88. The Hall–Kier alpha value is -1.63. The van der Waals surface area contributed by atoms with Gasteiger partial charge in [0.15, 0.2) is 0 Å². The van der Waals surface area contributed by atoms with Crippen LogP contribution in [-0.2, 0) is 7.05 Å². The summed E-state index contributed by atoms with van der Waals surface area (Å²) in [4.78, 5) is 16.2. The van der Waals surface area contributed by atoms with Crippen LogP contribution in [-0.4, -0.2) is 46.6 Å². The lowest BCUT2D eigenvalue weighted by molar-refractivity contribution is -0.388. The van der Waals surface area contributed by atoms with Gasteiger partial charge in [-0.1, -0.05) is 0 Å². The Morgan fingerprint density at radius 1 is 1.56 bits per heavy atom. The van der Waals surface area contributed by atoms with Gasteiger partial charge in [-0.3, -0.25) is 4.57 Å². The minimum atomic E-state index is -0.467. The second kappa shape index (κ2) is 4.93. The predicted octanol–water partition coefficient (Wildman–Crippen LogP) is 0.610. The number of rotatable bonds is 5. The molecule has 0 aliphatic rings. The van der Waals surface area contributed by atoms with Crippen molar-refractivity contribution < 1.29 is 4.92 Å². The van der Waals surface area contributed by atoms with Gasteiger partial charge < -0.3 is 20.3 Å². The largest absolute Gasteiger partial charge is 0.406 e. The SMILES string of the molecule is Cc1nc([N+](=O)[O-])c(NCCN(C)C)n1C. The Bertz CT molecular complexity index is 385. The summed E-state index contributed by atoms with van der Waals surface area (Å²) < 4.78 is 1.69. The normalized spacial score (nSPS) is 10.8. The van der Waals surface area contributed by atoms with E-state index in [0.717, 1.165) is 6.54 Å². The number of nitro groups is 1. The maximum atomic E-state index is 10.8. The van der Waals surface area contributed by atoms with E-state index in [0.29, 0.717) is 18.2 Å². The molecule has 0 radical (unpaired) electrons. The number of nitrogens with zero attached hydrogens (tertiary/aromatic N) is 4. The summed E-state index contributed by atoms with van der Waals surface area (Å²) in [7, 11) is 5.66. The maximum Gasteiger partial charge on any atom is 0.406 e. The lowest BCUT2D eigenvalue weighted by Crippen LogP contribution is -2.21. The van der Waals surface area contributed by atoms with Crippen molar-refractivity contribution in [3.8, 4) is 0 Å². The average molecular weight is 227 g/mol. The van der Waals surface area contributed by atoms with E-state index in [1.54, 1.807) is 18.5 Å². The van der Waals surface area contributed by atoms with Crippen LogP contribution in [0.25, 0.3) is 0 Å². The smallest absolute Gasteiger partial charge is 0.363 e. The molecule has 1 aromatic heterocycles. The molecule has 0 aliphatic heterocycles. The van der Waals surface area contributed by atoms with Gasteiger partial charge in [0.2, 0.25) is 11.6 Å². The first kappa shape index (κ1) is 12.4. The first-order chi connectivity index (χ1) is 7.43. The van der Waals surface area contributed by atoms with Gasteiger partial charge in [-0.15, -0.1) is 0 Å². The van der Waals surface area contributed by atoms with Crippen LogP contribution in [0.4, 0.5) is 11.6 Å². The second-order valence-corrected chi connectivity index (χ2v) is 3.88. The molecule has 1 rings (SSSR count). The van der Waals surface area contributed by atoms with Crippen molar-refractivity contribution in [1.82, 2.24) is 14.5 Å². The van der Waals surface area contributed by atoms with Crippen molar-refractivity contribution in [2.24, 2.45) is 7.05 Å². The van der Waals surface area contributed by atoms with E-state index in [1.807, 2.05) is 19.0 Å². The maximum absolute atomic E-state index is 10.8. The van der Waals surface area contributed by atoms with Crippen molar-refractivity contribution in [2.75, 3.05) is 32.5 Å². The monoisotopic (exact) mass is 227 g/mol. The molecule has 90 valence electrons. The minimum Gasteiger partial charge on any atom is -0.363 e. The molecule has 0 saturated heterocycles. The number of anilines is 1. The molecule has 0 unspecified atom stereocenters. The Morgan fingerprint density at radius 2 is 2.19 bits per heavy atom. The van der Waals surface area contributed by atoms with Gasteiger partial charge in [-0.25, -0.2) is 0 Å². The van der Waals surface area contributed by atoms with Gasteiger partial charge in [0.25, 0.3) is 0 Å². The molecule has 1 aromatic rings. The van der Waals surface area contributed by atoms with E-state index in [4.69, 9.17) is 0 Å². The van der Waals surface area contributed by atoms with Crippen molar-refractivity contribution in [3.63, 3.8) is 0 Å². The summed E-state index contributed by atoms with van der Waals surface area (Å²) in [5.41, 5.74) is 0. The number of hydrogen-bond donors (Lipinski definition) is 1. The third-order valence-corrected chi connectivity index (χ3v) is 2.32. The van der Waals surface area contributed by atoms with Crippen molar-refractivity contribution in [2.45, 2.75) is 6.92 Å². The third kappa shape index (κ3) is 2.69. The highest BCUT2D eigenvalue weighted by molar-refractivity contribution is 5.53. The van der Waals surface area contributed by atoms with Crippen molar-refractivity contribution in [3.05, 3.63) is 15.9 Å². The van der Waals surface area contributed by atoms with Crippen LogP contribution in [0, 0.1) is 17.0 Å². The van der Waals surface area contributed by atoms with E-state index in [1.165, 1.54) is 0 Å². The molecule has 0 aromatic carbocycles. The molecule has 7 nitrogen and oxygen atoms in total. The molecule has 1 heterocycles. The summed E-state index contributed by atoms with van der Waals surface area (Å²) in [6.07, 6.45) is 0. The topological polar surface area (TPSA) is 76.2 Å². The van der Waals surface area contributed by atoms with Crippen LogP contribution in [0.5, 0.6) is 0 Å². The Kier molecular flexibility index (Phi) is 3.83. The Morgan fingerprint density at radius 3 is 2.69 bits per heavy atom. The fourth-order valence-electron chi connectivity index (χ4n) is 1.32. The molecule has 0 amide bonds. The molecule has 0 spiro atoms. The number of hydrogen-bond acceptors (Lipinski definition) is 5. The molecular formula is C9H17N5O2. The first-order valence-electron chi connectivity index (χ1n) is 4.99. The van der Waals surface area contributed by atoms with Crippen LogP contribution in [0.2, 0.25) is 0 Å². The van der Waals surface area contributed by atoms with Gasteiger partial charge in [0.05, 0.1) is 0 Å². The summed E-state index contributed by atoms with van der Waals surface area (Å²) in [5.74, 6) is 0.974. The van der Waals surface area contributed by atoms with Gasteiger partial charge in [0, 0.05) is 27.1 Å². The van der Waals surface area contributed by atoms with Crippen LogP contribution in [0.3, 0.4) is 0 Å². The van der Waals surface area contributed by atoms with E-state index in [-0.39, 0.29) is 5.82 Å². The third-order valence-electron chi connectivity index (χ3n) is 2.32. The first-order valence-corrected chi connectivity index (χ1v) is 4.99. The zero-order chi connectivity index (χ0) is 12.3. The van der Waals surface area contributed by atoms with E-state index >= 15 is 0 Å². The molecule has 16 heavy (non-hydrogen) atoms. The lowest BCUT2D eigenvalue weighted by Gasteiger charge is -2.11. The summed E-state index contributed by atoms with van der Waals surface area (Å²) in [5, 5.41) is 13.8. The van der Waals surface area contributed by atoms with Gasteiger partial charge in [-0.2, -0.15) is 0 Å². The molecule has 7 heteroatoms. The molecule has 0 fully saturated rings. The van der Waals surface area contributed by atoms with Crippen LogP contribution >= 0.6 is 0 Å². The number of nitrogens with one attached hydrogen (secondary N) is 1. The number of imidazole rings is 1. The van der Waals surface area contributed by atoms with Crippen molar-refractivity contribution >= 4 is 11.6 Å². The fraction of sp³-hybridized carbons (Fsp3) is 0.667. The highest BCUT2D eigenvalue weighted by Gasteiger charge is 2.22. The standard InChI is InChI=1S/C9H17N5O2/c1-7-11-9(14(15)16)8(13(7)4)10-5-6-12(2)3/h10H,5-6H2,1-4H3. The fourth-order valence-corrected chi connectivity index (χ4v) is 1.32. The van der Waals surface area contributed by atoms with E-state index in [2.05, 4.69) is 10.3 Å². The zero-order valence-electron chi connectivity index (χ0n) is 10.0. The highest BCUT2D eigenvalue weighted by Crippen LogP contribution is 2.23. The summed E-state index contributed by atoms with van der Waals surface area (Å²) in [6, 6.07) is 0. The molecule has 1 N–H and O–H groups in total. The van der Waals surface area contributed by atoms with Gasteiger partial charge in [0.1, 0.15) is 0 Å². The van der Waals surface area contributed by atoms with Crippen molar-refractivity contribution in [1.29, 1.82) is 0 Å². The molecular weight excluding hydrogens is 210 g/mol. The predicted molar refractivity (Wildman–Crippen MR) is 61.6 cm³/mol. The Labute approximate surface area is 94.2 Å². The van der Waals surface area contributed by atoms with Crippen LogP contribution < -0.4 is 5.32 Å². The highest BCUT2D eigenvalue weighted by atomic mass is 16.6. The van der Waals surface area contributed by atoms with E-state index in [9.17, 15) is 10.1 Å². The molecule has 0 atom stereocenters. The number of likely N-dealkylation sites (N-methyl/N-ethyl adjacent to an activating group) is 1. The average Bonchev–Trinajstić information content (AvgIpc) is 2.45. The number of aromatic nitrogens is 2. The quantitative estimate of drug-likeness (QED) is 0.589. The summed E-state index contributed by atoms with van der Waals surface area (Å²) >= 11 is 0. The zero-order valence-corrected chi connectivity index (χ0v) is 10.0. The van der Waals surface area contributed by atoms with Gasteiger partial charge in [-0.05, 0) is 24.0 Å². The molecule has 0 bridgehead atoms. The lowest BCUT2D eigenvalue weighted by atomic mass is 10.5. The molecule has 0 aliphatic carbocycles.